The smallest absolute Gasteiger partial charge is 0.244 e. The number of hydrogen-bond donors (Lipinski definition) is 1. The van der Waals surface area contributed by atoms with Gasteiger partial charge >= 0.3 is 0 Å². The van der Waals surface area contributed by atoms with E-state index in [9.17, 15) is 13.2 Å². The Labute approximate surface area is 191 Å². The summed E-state index contributed by atoms with van der Waals surface area (Å²) in [5.74, 6) is -0.280. The minimum Gasteiger partial charge on any atom is -0.350 e. The van der Waals surface area contributed by atoms with Gasteiger partial charge in [0.2, 0.25) is 15.9 Å². The predicted molar refractivity (Wildman–Crippen MR) is 127 cm³/mol. The summed E-state index contributed by atoms with van der Waals surface area (Å²) in [4.78, 5) is 14.4. The summed E-state index contributed by atoms with van der Waals surface area (Å²) in [6, 6.07) is 23.6. The van der Waals surface area contributed by atoms with E-state index in [1.807, 2.05) is 72.1 Å². The summed E-state index contributed by atoms with van der Waals surface area (Å²) in [7, 11) is -3.89. The van der Waals surface area contributed by atoms with E-state index in [2.05, 4.69) is 5.32 Å². The number of hydrogen-bond acceptors (Lipinski definition) is 4. The fraction of sp³-hybridized carbons (Fsp3) is 0.160. The SMILES string of the molecule is O=C(NCc1cccs1)[C@@H]1Cc2ccccc2CN1S(=O)(=O)c1ccc2ccccc2c1. The van der Waals surface area contributed by atoms with E-state index in [1.54, 1.807) is 23.5 Å². The number of carbonyl (C=O) groups is 1. The number of carbonyl (C=O) groups excluding carboxylic acids is 1. The maximum Gasteiger partial charge on any atom is 0.244 e. The van der Waals surface area contributed by atoms with Gasteiger partial charge in [0.15, 0.2) is 0 Å². The molecule has 4 aromatic rings. The molecule has 1 N–H and O–H groups in total. The van der Waals surface area contributed by atoms with E-state index < -0.39 is 16.1 Å². The van der Waals surface area contributed by atoms with Gasteiger partial charge in [0.1, 0.15) is 6.04 Å². The van der Waals surface area contributed by atoms with Crippen molar-refractivity contribution in [1.82, 2.24) is 9.62 Å². The highest BCUT2D eigenvalue weighted by Crippen LogP contribution is 2.30. The zero-order valence-electron chi connectivity index (χ0n) is 17.3. The topological polar surface area (TPSA) is 66.5 Å². The molecule has 0 radical (unpaired) electrons. The van der Waals surface area contributed by atoms with Gasteiger partial charge in [-0.15, -0.1) is 11.3 Å². The maximum atomic E-state index is 13.7. The monoisotopic (exact) mass is 462 g/mol. The first kappa shape index (κ1) is 20.9. The summed E-state index contributed by atoms with van der Waals surface area (Å²) >= 11 is 1.56. The predicted octanol–water partition coefficient (Wildman–Crippen LogP) is 4.33. The highest BCUT2D eigenvalue weighted by molar-refractivity contribution is 7.89. The number of nitrogens with zero attached hydrogens (tertiary/aromatic N) is 1. The van der Waals surface area contributed by atoms with Crippen molar-refractivity contribution in [3.05, 3.63) is 100 Å². The Morgan fingerprint density at radius 2 is 1.69 bits per heavy atom. The van der Waals surface area contributed by atoms with Crippen LogP contribution < -0.4 is 5.32 Å². The van der Waals surface area contributed by atoms with E-state index in [-0.39, 0.29) is 17.3 Å². The van der Waals surface area contributed by atoms with Crippen LogP contribution in [0.15, 0.2) is 89.1 Å². The molecule has 5 nitrogen and oxygen atoms in total. The van der Waals surface area contributed by atoms with Gasteiger partial charge in [0, 0.05) is 11.4 Å². The van der Waals surface area contributed by atoms with Crippen molar-refractivity contribution in [2.75, 3.05) is 0 Å². The normalized spacial score (nSPS) is 16.6. The van der Waals surface area contributed by atoms with E-state index in [0.717, 1.165) is 26.8 Å². The summed E-state index contributed by atoms with van der Waals surface area (Å²) < 4.78 is 28.8. The largest absolute Gasteiger partial charge is 0.350 e. The van der Waals surface area contributed by atoms with Crippen LogP contribution in [-0.2, 0) is 34.3 Å². The van der Waals surface area contributed by atoms with Crippen molar-refractivity contribution in [3.8, 4) is 0 Å². The van der Waals surface area contributed by atoms with Crippen molar-refractivity contribution in [2.45, 2.75) is 30.4 Å². The molecule has 7 heteroatoms. The summed E-state index contributed by atoms with van der Waals surface area (Å²) in [5.41, 5.74) is 1.94. The Bertz CT molecular complexity index is 1380. The number of benzene rings is 3. The van der Waals surface area contributed by atoms with Crippen LogP contribution in [-0.4, -0.2) is 24.7 Å². The fourth-order valence-corrected chi connectivity index (χ4v) is 6.39. The molecule has 1 aromatic heterocycles. The van der Waals surface area contributed by atoms with Crippen molar-refractivity contribution in [2.24, 2.45) is 0 Å². The maximum absolute atomic E-state index is 13.7. The molecule has 1 aliphatic heterocycles. The molecule has 1 aliphatic rings. The van der Waals surface area contributed by atoms with E-state index in [4.69, 9.17) is 0 Å². The third-order valence-electron chi connectivity index (χ3n) is 5.85. The van der Waals surface area contributed by atoms with Crippen LogP contribution >= 0.6 is 11.3 Å². The van der Waals surface area contributed by atoms with Crippen molar-refractivity contribution in [1.29, 1.82) is 0 Å². The third-order valence-corrected chi connectivity index (χ3v) is 8.58. The molecule has 2 heterocycles. The van der Waals surface area contributed by atoms with Gasteiger partial charge in [-0.25, -0.2) is 8.42 Å². The fourth-order valence-electron chi connectivity index (χ4n) is 4.14. The van der Waals surface area contributed by atoms with Gasteiger partial charge in [-0.2, -0.15) is 4.31 Å². The van der Waals surface area contributed by atoms with Gasteiger partial charge in [-0.3, -0.25) is 4.79 Å². The van der Waals surface area contributed by atoms with Crippen LogP contribution in [0, 0.1) is 0 Å². The molecule has 1 atom stereocenters. The van der Waals surface area contributed by atoms with Crippen LogP contribution in [0.4, 0.5) is 0 Å². The molecule has 0 fully saturated rings. The molecule has 0 spiro atoms. The number of thiophene rings is 1. The highest BCUT2D eigenvalue weighted by Gasteiger charge is 2.39. The Morgan fingerprint density at radius 3 is 2.47 bits per heavy atom. The molecule has 1 amide bonds. The molecule has 5 rings (SSSR count). The van der Waals surface area contributed by atoms with Crippen molar-refractivity contribution in [3.63, 3.8) is 0 Å². The number of amides is 1. The van der Waals surface area contributed by atoms with Gasteiger partial charge in [0.25, 0.3) is 0 Å². The van der Waals surface area contributed by atoms with Crippen LogP contribution in [0.25, 0.3) is 10.8 Å². The number of nitrogens with one attached hydrogen (secondary N) is 1. The number of rotatable bonds is 5. The molecular formula is C25H22N2O3S2. The zero-order chi connectivity index (χ0) is 22.1. The second-order valence-electron chi connectivity index (χ2n) is 7.85. The number of fused-ring (bicyclic) bond motifs is 2. The number of sulfonamides is 1. The van der Waals surface area contributed by atoms with Crippen LogP contribution in [0.3, 0.4) is 0 Å². The quantitative estimate of drug-likeness (QED) is 0.480. The average molecular weight is 463 g/mol. The molecule has 32 heavy (non-hydrogen) atoms. The third kappa shape index (κ3) is 3.95. The van der Waals surface area contributed by atoms with Gasteiger partial charge in [0.05, 0.1) is 11.4 Å². The Kier molecular flexibility index (Phi) is 5.55. The summed E-state index contributed by atoms with van der Waals surface area (Å²) in [6.45, 7) is 0.556. The van der Waals surface area contributed by atoms with Crippen LogP contribution in [0.1, 0.15) is 16.0 Å². The van der Waals surface area contributed by atoms with Crippen LogP contribution in [0.2, 0.25) is 0 Å². The molecular weight excluding hydrogens is 440 g/mol. The first-order chi connectivity index (χ1) is 15.5. The minimum absolute atomic E-state index is 0.169. The van der Waals surface area contributed by atoms with Gasteiger partial charge in [-0.05, 0) is 51.9 Å². The van der Waals surface area contributed by atoms with Crippen LogP contribution in [0.5, 0.6) is 0 Å². The molecule has 0 aliphatic carbocycles. The molecule has 0 bridgehead atoms. The van der Waals surface area contributed by atoms with Crippen molar-refractivity contribution >= 4 is 38.0 Å². The molecule has 0 saturated heterocycles. The molecule has 0 unspecified atom stereocenters. The highest BCUT2D eigenvalue weighted by atomic mass is 32.2. The van der Waals surface area contributed by atoms with E-state index in [1.165, 1.54) is 4.31 Å². The second kappa shape index (κ2) is 8.50. The van der Waals surface area contributed by atoms with Gasteiger partial charge < -0.3 is 5.32 Å². The van der Waals surface area contributed by atoms with Crippen molar-refractivity contribution < 1.29 is 13.2 Å². The molecule has 3 aromatic carbocycles. The Morgan fingerprint density at radius 1 is 0.938 bits per heavy atom. The lowest BCUT2D eigenvalue weighted by molar-refractivity contribution is -0.125. The molecule has 0 saturated carbocycles. The zero-order valence-corrected chi connectivity index (χ0v) is 18.9. The first-order valence-electron chi connectivity index (χ1n) is 10.4. The summed E-state index contributed by atoms with van der Waals surface area (Å²) in [5, 5.41) is 6.71. The Balaban J connectivity index is 1.50. The Hall–Kier alpha value is -3.00. The average Bonchev–Trinajstić information content (AvgIpc) is 3.35. The van der Waals surface area contributed by atoms with E-state index >= 15 is 0 Å². The second-order valence-corrected chi connectivity index (χ2v) is 10.8. The molecule has 162 valence electrons. The van der Waals surface area contributed by atoms with Gasteiger partial charge in [-0.1, -0.05) is 60.7 Å². The lowest BCUT2D eigenvalue weighted by Crippen LogP contribution is -2.52. The lowest BCUT2D eigenvalue weighted by atomic mass is 9.95. The minimum atomic E-state index is -3.89. The standard InChI is InChI=1S/C25H22N2O3S2/c28-25(26-16-22-10-5-13-31-22)24-15-20-8-3-4-9-21(20)17-27(24)32(29,30)23-12-11-18-6-1-2-7-19(18)14-23/h1-14,24H,15-17H2,(H,26,28)/t24-/m0/s1. The first-order valence-corrected chi connectivity index (χ1v) is 12.7. The summed E-state index contributed by atoms with van der Waals surface area (Å²) in [6.07, 6.45) is 0.346. The lowest BCUT2D eigenvalue weighted by Gasteiger charge is -2.35. The van der Waals surface area contributed by atoms with E-state index in [0.29, 0.717) is 13.0 Å².